The van der Waals surface area contributed by atoms with Gasteiger partial charge in [0.1, 0.15) is 11.3 Å². The van der Waals surface area contributed by atoms with Crippen LogP contribution in [0.1, 0.15) is 30.6 Å². The van der Waals surface area contributed by atoms with Gasteiger partial charge in [0.15, 0.2) is 11.6 Å². The number of rotatable bonds is 6. The molecule has 31 heavy (non-hydrogen) atoms. The summed E-state index contributed by atoms with van der Waals surface area (Å²) in [5.74, 6) is -2.04. The fourth-order valence-electron chi connectivity index (χ4n) is 3.86. The van der Waals surface area contributed by atoms with Crippen LogP contribution in [0.2, 0.25) is 0 Å². The largest absolute Gasteiger partial charge is 0.488 e. The van der Waals surface area contributed by atoms with Crippen molar-refractivity contribution in [3.63, 3.8) is 0 Å². The molecule has 4 rings (SSSR count). The SMILES string of the molecule is CC1(C)COc2c(NCCCn3ccnc3)c(F)c(N)c3c(=O)c(C(=O)O)cn(c23)C1. The van der Waals surface area contributed by atoms with Gasteiger partial charge in [-0.3, -0.25) is 4.79 Å². The van der Waals surface area contributed by atoms with E-state index in [1.165, 1.54) is 6.20 Å². The second-order valence-corrected chi connectivity index (χ2v) is 8.49. The van der Waals surface area contributed by atoms with Crippen LogP contribution in [0.3, 0.4) is 0 Å². The van der Waals surface area contributed by atoms with Gasteiger partial charge in [0.05, 0.1) is 29.5 Å². The predicted molar refractivity (Wildman–Crippen MR) is 114 cm³/mol. The van der Waals surface area contributed by atoms with Gasteiger partial charge in [-0.2, -0.15) is 0 Å². The molecule has 10 heteroatoms. The van der Waals surface area contributed by atoms with Gasteiger partial charge in [-0.05, 0) is 6.42 Å². The highest BCUT2D eigenvalue weighted by Crippen LogP contribution is 2.42. The third-order valence-corrected chi connectivity index (χ3v) is 5.34. The van der Waals surface area contributed by atoms with E-state index in [-0.39, 0.29) is 34.5 Å². The number of nitrogens with two attached hydrogens (primary N) is 1. The number of nitrogens with one attached hydrogen (secondary N) is 1. The van der Waals surface area contributed by atoms with Crippen molar-refractivity contribution >= 4 is 28.2 Å². The maximum Gasteiger partial charge on any atom is 0.341 e. The molecule has 1 aliphatic rings. The number of carbonyl (C=O) groups is 1. The van der Waals surface area contributed by atoms with E-state index >= 15 is 4.39 Å². The number of aromatic nitrogens is 3. The normalized spacial score (nSPS) is 14.8. The highest BCUT2D eigenvalue weighted by atomic mass is 19.1. The van der Waals surface area contributed by atoms with Crippen LogP contribution in [0.5, 0.6) is 5.75 Å². The van der Waals surface area contributed by atoms with Gasteiger partial charge in [-0.25, -0.2) is 14.2 Å². The molecule has 0 aliphatic carbocycles. The molecule has 0 unspecified atom stereocenters. The molecule has 1 aromatic carbocycles. The molecule has 0 saturated carbocycles. The van der Waals surface area contributed by atoms with Crippen LogP contribution in [-0.2, 0) is 13.1 Å². The van der Waals surface area contributed by atoms with Crippen LogP contribution in [-0.4, -0.2) is 38.3 Å². The first kappa shape index (κ1) is 20.7. The monoisotopic (exact) mass is 429 g/mol. The van der Waals surface area contributed by atoms with Crippen LogP contribution in [0.25, 0.3) is 10.9 Å². The van der Waals surface area contributed by atoms with Crippen LogP contribution < -0.4 is 21.2 Å². The van der Waals surface area contributed by atoms with E-state index in [1.807, 2.05) is 24.6 Å². The summed E-state index contributed by atoms with van der Waals surface area (Å²) < 4.78 is 24.8. The quantitative estimate of drug-likeness (QED) is 0.406. The van der Waals surface area contributed by atoms with Crippen LogP contribution in [0.4, 0.5) is 15.8 Å². The van der Waals surface area contributed by atoms with E-state index < -0.39 is 22.8 Å². The van der Waals surface area contributed by atoms with Crippen molar-refractivity contribution in [1.82, 2.24) is 14.1 Å². The Morgan fingerprint density at radius 1 is 1.45 bits per heavy atom. The number of carboxylic acids is 1. The van der Waals surface area contributed by atoms with Crippen molar-refractivity contribution in [1.29, 1.82) is 0 Å². The van der Waals surface area contributed by atoms with Crippen molar-refractivity contribution < 1.29 is 19.0 Å². The molecule has 0 fully saturated rings. The van der Waals surface area contributed by atoms with Crippen LogP contribution >= 0.6 is 0 Å². The maximum absolute atomic E-state index is 15.3. The number of aryl methyl sites for hydroxylation is 1. The summed E-state index contributed by atoms with van der Waals surface area (Å²) in [5, 5.41) is 12.4. The molecule has 164 valence electrons. The third kappa shape index (κ3) is 3.69. The Morgan fingerprint density at radius 2 is 2.23 bits per heavy atom. The molecule has 0 amide bonds. The lowest BCUT2D eigenvalue weighted by Crippen LogP contribution is -2.26. The summed E-state index contributed by atoms with van der Waals surface area (Å²) in [5.41, 5.74) is 4.33. The van der Waals surface area contributed by atoms with Crippen molar-refractivity contribution in [3.05, 3.63) is 46.5 Å². The Kier molecular flexibility index (Phi) is 5.08. The summed E-state index contributed by atoms with van der Waals surface area (Å²) in [4.78, 5) is 28.4. The zero-order valence-electron chi connectivity index (χ0n) is 17.3. The van der Waals surface area contributed by atoms with E-state index in [1.54, 1.807) is 17.1 Å². The van der Waals surface area contributed by atoms with Gasteiger partial charge >= 0.3 is 5.97 Å². The average molecular weight is 429 g/mol. The molecular weight excluding hydrogens is 405 g/mol. The van der Waals surface area contributed by atoms with E-state index in [2.05, 4.69) is 10.3 Å². The van der Waals surface area contributed by atoms with Crippen molar-refractivity contribution in [3.8, 4) is 5.75 Å². The first-order valence-corrected chi connectivity index (χ1v) is 9.93. The molecule has 9 nitrogen and oxygen atoms in total. The number of imidazole rings is 1. The summed E-state index contributed by atoms with van der Waals surface area (Å²) >= 11 is 0. The van der Waals surface area contributed by atoms with Gasteiger partial charge in [0, 0.05) is 43.6 Å². The number of carboxylic acid groups (broad SMARTS) is 1. The number of nitrogens with zero attached hydrogens (tertiary/aromatic N) is 3. The summed E-state index contributed by atoms with van der Waals surface area (Å²) in [7, 11) is 0. The van der Waals surface area contributed by atoms with Crippen molar-refractivity contribution in [2.75, 3.05) is 24.2 Å². The molecule has 3 heterocycles. The highest BCUT2D eigenvalue weighted by molar-refractivity contribution is 6.03. The topological polar surface area (TPSA) is 124 Å². The Bertz CT molecular complexity index is 1220. The van der Waals surface area contributed by atoms with Gasteiger partial charge in [-0.15, -0.1) is 0 Å². The molecule has 0 spiro atoms. The number of nitrogen functional groups attached to an aromatic ring is 1. The molecule has 1 aliphatic heterocycles. The Hall–Kier alpha value is -3.56. The van der Waals surface area contributed by atoms with Gasteiger partial charge in [0.2, 0.25) is 5.43 Å². The average Bonchev–Trinajstić information content (AvgIpc) is 3.18. The summed E-state index contributed by atoms with van der Waals surface area (Å²) in [6.07, 6.45) is 7.19. The van der Waals surface area contributed by atoms with E-state index in [0.717, 1.165) is 0 Å². The van der Waals surface area contributed by atoms with Crippen molar-refractivity contribution in [2.24, 2.45) is 5.41 Å². The number of ether oxygens (including phenoxy) is 1. The zero-order valence-corrected chi connectivity index (χ0v) is 17.3. The Labute approximate surface area is 177 Å². The number of halogens is 1. The number of benzene rings is 1. The number of hydrogen-bond donors (Lipinski definition) is 3. The van der Waals surface area contributed by atoms with Crippen LogP contribution in [0.15, 0.2) is 29.7 Å². The first-order chi connectivity index (χ1) is 14.7. The second kappa shape index (κ2) is 7.60. The van der Waals surface area contributed by atoms with Crippen LogP contribution in [0, 0.1) is 11.2 Å². The van der Waals surface area contributed by atoms with E-state index in [0.29, 0.717) is 31.6 Å². The smallest absolute Gasteiger partial charge is 0.341 e. The minimum atomic E-state index is -1.39. The molecule has 2 aromatic heterocycles. The molecule has 0 bridgehead atoms. The number of hydrogen-bond acceptors (Lipinski definition) is 6. The first-order valence-electron chi connectivity index (χ1n) is 9.93. The van der Waals surface area contributed by atoms with Gasteiger partial charge < -0.3 is 30.0 Å². The van der Waals surface area contributed by atoms with Gasteiger partial charge in [0.25, 0.3) is 0 Å². The van der Waals surface area contributed by atoms with E-state index in [4.69, 9.17) is 10.5 Å². The third-order valence-electron chi connectivity index (χ3n) is 5.34. The Balaban J connectivity index is 1.82. The highest BCUT2D eigenvalue weighted by Gasteiger charge is 2.32. The lowest BCUT2D eigenvalue weighted by Gasteiger charge is -2.22. The number of aromatic carboxylic acids is 1. The fourth-order valence-corrected chi connectivity index (χ4v) is 3.86. The molecule has 0 saturated heterocycles. The lowest BCUT2D eigenvalue weighted by atomic mass is 9.94. The molecule has 3 aromatic rings. The molecule has 0 atom stereocenters. The minimum Gasteiger partial charge on any atom is -0.488 e. The standard InChI is InChI=1S/C21H24FN5O4/c1-21(2)9-27-8-12(20(29)30)18(28)13-15(23)14(22)16(19(17(13)27)31-10-21)25-4-3-6-26-7-5-24-11-26/h5,7-8,11,25H,3-4,6,9-10,23H2,1-2H3,(H,29,30). The number of pyridine rings is 1. The zero-order chi connectivity index (χ0) is 22.3. The fraction of sp³-hybridized carbons (Fsp3) is 0.381. The summed E-state index contributed by atoms with van der Waals surface area (Å²) in [6.45, 7) is 5.64. The molecular formula is C21H24FN5O4. The number of anilines is 2. The van der Waals surface area contributed by atoms with E-state index in [9.17, 15) is 14.7 Å². The van der Waals surface area contributed by atoms with Gasteiger partial charge in [-0.1, -0.05) is 13.8 Å². The lowest BCUT2D eigenvalue weighted by molar-refractivity contribution is 0.0694. The Morgan fingerprint density at radius 3 is 2.90 bits per heavy atom. The summed E-state index contributed by atoms with van der Waals surface area (Å²) in [6, 6.07) is 0. The second-order valence-electron chi connectivity index (χ2n) is 8.49. The predicted octanol–water partition coefficient (Wildman–Crippen LogP) is 2.54. The minimum absolute atomic E-state index is 0.0737. The molecule has 4 N–H and O–H groups in total. The molecule has 0 radical (unpaired) electrons. The van der Waals surface area contributed by atoms with Crippen molar-refractivity contribution in [2.45, 2.75) is 33.4 Å². The maximum atomic E-state index is 15.3.